The zero-order valence-electron chi connectivity index (χ0n) is 17.0. The molecule has 2 aromatic rings. The summed E-state index contributed by atoms with van der Waals surface area (Å²) in [5.74, 6) is 0.0462. The van der Waals surface area contributed by atoms with Crippen LogP contribution in [0.2, 0.25) is 0 Å². The fourth-order valence-electron chi connectivity index (χ4n) is 3.14. The van der Waals surface area contributed by atoms with Crippen molar-refractivity contribution in [2.45, 2.75) is 65.2 Å². The van der Waals surface area contributed by atoms with E-state index in [0.29, 0.717) is 12.0 Å². The highest BCUT2D eigenvalue weighted by molar-refractivity contribution is 5.93. The largest absolute Gasteiger partial charge is 0.489 e. The van der Waals surface area contributed by atoms with E-state index < -0.39 is 11.6 Å². The standard InChI is InChI=1S/C22H30O6/c1-4-5-6-7-8-9-10-11-15-26-20-19-17(27-16(2)23)13-12-14-18(19)28-22(24)21(20)25-3/h12-14H,4-11,15H2,1-3H3. The quantitative estimate of drug-likeness (QED) is 0.213. The molecule has 0 fully saturated rings. The van der Waals surface area contributed by atoms with Gasteiger partial charge in [-0.15, -0.1) is 0 Å². The van der Waals surface area contributed by atoms with Gasteiger partial charge < -0.3 is 18.6 Å². The summed E-state index contributed by atoms with van der Waals surface area (Å²) in [5.41, 5.74) is -0.337. The van der Waals surface area contributed by atoms with Crippen LogP contribution >= 0.6 is 0 Å². The molecule has 0 saturated carbocycles. The van der Waals surface area contributed by atoms with Crippen LogP contribution < -0.4 is 19.8 Å². The first kappa shape index (κ1) is 21.8. The molecule has 1 aromatic heterocycles. The van der Waals surface area contributed by atoms with Gasteiger partial charge in [-0.1, -0.05) is 57.9 Å². The van der Waals surface area contributed by atoms with E-state index in [1.807, 2.05) is 0 Å². The molecule has 2 rings (SSSR count). The van der Waals surface area contributed by atoms with Gasteiger partial charge in [0.2, 0.25) is 5.75 Å². The van der Waals surface area contributed by atoms with Crippen LogP contribution in [0.5, 0.6) is 17.2 Å². The number of methoxy groups -OCH3 is 1. The highest BCUT2D eigenvalue weighted by Gasteiger charge is 2.21. The lowest BCUT2D eigenvalue weighted by Gasteiger charge is -2.14. The third-order valence-electron chi connectivity index (χ3n) is 4.51. The number of ether oxygens (including phenoxy) is 3. The normalized spacial score (nSPS) is 10.8. The molecule has 1 heterocycles. The molecule has 0 radical (unpaired) electrons. The maximum atomic E-state index is 12.2. The molecule has 0 spiro atoms. The number of carbonyl (C=O) groups is 1. The van der Waals surface area contributed by atoms with Gasteiger partial charge in [0.1, 0.15) is 16.7 Å². The Morgan fingerprint density at radius 3 is 2.32 bits per heavy atom. The summed E-state index contributed by atoms with van der Waals surface area (Å²) in [6.07, 6.45) is 9.46. The maximum Gasteiger partial charge on any atom is 0.383 e. The first-order valence-electron chi connectivity index (χ1n) is 10.0. The van der Waals surface area contributed by atoms with E-state index in [1.165, 1.54) is 52.6 Å². The summed E-state index contributed by atoms with van der Waals surface area (Å²) in [5, 5.41) is 0.425. The smallest absolute Gasteiger partial charge is 0.383 e. The van der Waals surface area contributed by atoms with Crippen LogP contribution in [-0.2, 0) is 4.79 Å². The van der Waals surface area contributed by atoms with Gasteiger partial charge in [0.15, 0.2) is 5.75 Å². The van der Waals surface area contributed by atoms with E-state index >= 15 is 0 Å². The van der Waals surface area contributed by atoms with Crippen molar-refractivity contribution in [1.82, 2.24) is 0 Å². The fourth-order valence-corrected chi connectivity index (χ4v) is 3.14. The molecule has 0 unspecified atom stereocenters. The number of rotatable bonds is 12. The minimum Gasteiger partial charge on any atom is -0.489 e. The van der Waals surface area contributed by atoms with Crippen molar-refractivity contribution < 1.29 is 23.4 Å². The van der Waals surface area contributed by atoms with Crippen molar-refractivity contribution in [1.29, 1.82) is 0 Å². The van der Waals surface area contributed by atoms with Crippen molar-refractivity contribution in [2.24, 2.45) is 0 Å². The van der Waals surface area contributed by atoms with Gasteiger partial charge in [0, 0.05) is 6.92 Å². The Morgan fingerprint density at radius 1 is 1.00 bits per heavy atom. The van der Waals surface area contributed by atoms with Crippen LogP contribution in [0.3, 0.4) is 0 Å². The molecule has 0 N–H and O–H groups in total. The molecule has 0 saturated heterocycles. The highest BCUT2D eigenvalue weighted by atomic mass is 16.5. The Morgan fingerprint density at radius 2 is 1.68 bits per heavy atom. The summed E-state index contributed by atoms with van der Waals surface area (Å²) >= 11 is 0. The topological polar surface area (TPSA) is 75.0 Å². The molecule has 0 bridgehead atoms. The molecule has 0 aliphatic rings. The highest BCUT2D eigenvalue weighted by Crippen LogP contribution is 2.38. The Kier molecular flexibility index (Phi) is 8.85. The van der Waals surface area contributed by atoms with Crippen LogP contribution in [0.4, 0.5) is 0 Å². The minimum absolute atomic E-state index is 0.0216. The van der Waals surface area contributed by atoms with Gasteiger partial charge in [0.25, 0.3) is 0 Å². The zero-order chi connectivity index (χ0) is 20.4. The Labute approximate surface area is 165 Å². The number of hydrogen-bond donors (Lipinski definition) is 0. The van der Waals surface area contributed by atoms with E-state index in [0.717, 1.165) is 12.8 Å². The number of unbranched alkanes of at least 4 members (excludes halogenated alkanes) is 7. The summed E-state index contributed by atoms with van der Waals surface area (Å²) in [4.78, 5) is 23.6. The van der Waals surface area contributed by atoms with Gasteiger partial charge in [-0.2, -0.15) is 0 Å². The minimum atomic E-state index is -0.624. The van der Waals surface area contributed by atoms with Crippen molar-refractivity contribution in [2.75, 3.05) is 13.7 Å². The molecule has 0 aliphatic heterocycles. The Hall–Kier alpha value is -2.50. The van der Waals surface area contributed by atoms with Crippen molar-refractivity contribution in [3.63, 3.8) is 0 Å². The molecule has 6 heteroatoms. The average molecular weight is 390 g/mol. The summed E-state index contributed by atoms with van der Waals surface area (Å²) in [6.45, 7) is 3.97. The predicted octanol–water partition coefficient (Wildman–Crippen LogP) is 5.25. The van der Waals surface area contributed by atoms with E-state index in [9.17, 15) is 9.59 Å². The van der Waals surface area contributed by atoms with E-state index in [4.69, 9.17) is 18.6 Å². The molecule has 0 amide bonds. The molecule has 1 aromatic carbocycles. The van der Waals surface area contributed by atoms with E-state index in [2.05, 4.69) is 6.92 Å². The monoisotopic (exact) mass is 390 g/mol. The lowest BCUT2D eigenvalue weighted by Crippen LogP contribution is -2.10. The Bertz CT molecular complexity index is 824. The van der Waals surface area contributed by atoms with Gasteiger partial charge in [-0.25, -0.2) is 4.79 Å². The zero-order valence-corrected chi connectivity index (χ0v) is 17.0. The van der Waals surface area contributed by atoms with Crippen molar-refractivity contribution in [3.05, 3.63) is 28.6 Å². The van der Waals surface area contributed by atoms with Crippen LogP contribution in [0.25, 0.3) is 11.0 Å². The Balaban J connectivity index is 2.09. The summed E-state index contributed by atoms with van der Waals surface area (Å²) < 4.78 is 21.7. The SMILES string of the molecule is CCCCCCCCCCOc1c(OC)c(=O)oc2cccc(OC(C)=O)c12. The third-order valence-corrected chi connectivity index (χ3v) is 4.51. The lowest BCUT2D eigenvalue weighted by molar-refractivity contribution is -0.131. The predicted molar refractivity (Wildman–Crippen MR) is 108 cm³/mol. The number of carbonyl (C=O) groups excluding carboxylic acids is 1. The molecule has 28 heavy (non-hydrogen) atoms. The summed E-state index contributed by atoms with van der Waals surface area (Å²) in [6, 6.07) is 4.91. The second kappa shape index (κ2) is 11.4. The first-order chi connectivity index (χ1) is 13.6. The van der Waals surface area contributed by atoms with Gasteiger partial charge >= 0.3 is 11.6 Å². The lowest BCUT2D eigenvalue weighted by atomic mass is 10.1. The third kappa shape index (κ3) is 6.01. The fraction of sp³-hybridized carbons (Fsp3) is 0.545. The van der Waals surface area contributed by atoms with Crippen molar-refractivity contribution >= 4 is 16.9 Å². The number of benzene rings is 1. The van der Waals surface area contributed by atoms with Crippen LogP contribution in [0.15, 0.2) is 27.4 Å². The van der Waals surface area contributed by atoms with Crippen LogP contribution in [0, 0.1) is 0 Å². The molecule has 6 nitrogen and oxygen atoms in total. The molecule has 0 aliphatic carbocycles. The van der Waals surface area contributed by atoms with Crippen LogP contribution in [0.1, 0.15) is 65.2 Å². The molecule has 0 atom stereocenters. The average Bonchev–Trinajstić information content (AvgIpc) is 2.66. The number of fused-ring (bicyclic) bond motifs is 1. The second-order valence-corrected chi connectivity index (χ2v) is 6.80. The van der Waals surface area contributed by atoms with Gasteiger partial charge in [-0.05, 0) is 18.6 Å². The summed E-state index contributed by atoms with van der Waals surface area (Å²) in [7, 11) is 1.38. The molecular weight excluding hydrogens is 360 g/mol. The number of esters is 1. The van der Waals surface area contributed by atoms with Crippen molar-refractivity contribution in [3.8, 4) is 17.2 Å². The van der Waals surface area contributed by atoms with Gasteiger partial charge in [0.05, 0.1) is 13.7 Å². The molecule has 154 valence electrons. The first-order valence-corrected chi connectivity index (χ1v) is 10.0. The van der Waals surface area contributed by atoms with E-state index in [1.54, 1.807) is 18.2 Å². The number of hydrogen-bond acceptors (Lipinski definition) is 6. The second-order valence-electron chi connectivity index (χ2n) is 6.80. The molecular formula is C22H30O6. The maximum absolute atomic E-state index is 12.2. The van der Waals surface area contributed by atoms with E-state index in [-0.39, 0.29) is 22.8 Å². The van der Waals surface area contributed by atoms with Gasteiger partial charge in [-0.3, -0.25) is 4.79 Å². The van der Waals surface area contributed by atoms with Crippen LogP contribution in [-0.4, -0.2) is 19.7 Å².